The van der Waals surface area contributed by atoms with Gasteiger partial charge in [0.1, 0.15) is 6.04 Å². The van der Waals surface area contributed by atoms with E-state index in [2.05, 4.69) is 5.32 Å². The van der Waals surface area contributed by atoms with Gasteiger partial charge in [-0.1, -0.05) is 20.3 Å². The van der Waals surface area contributed by atoms with Gasteiger partial charge in [-0.25, -0.2) is 4.79 Å². The fraction of sp³-hybridized carbons (Fsp3) is 0.833. The molecule has 1 atom stereocenters. The van der Waals surface area contributed by atoms with E-state index in [9.17, 15) is 9.59 Å². The predicted molar refractivity (Wildman–Crippen MR) is 60.7 cm³/mol. The van der Waals surface area contributed by atoms with Crippen molar-refractivity contribution in [3.05, 3.63) is 0 Å². The van der Waals surface area contributed by atoms with E-state index in [0.29, 0.717) is 12.5 Å². The number of ether oxygens (including phenoxy) is 1. The average Bonchev–Trinajstić information content (AvgIpc) is 2.10. The lowest BCUT2D eigenvalue weighted by atomic mass is 9.84. The van der Waals surface area contributed by atoms with E-state index < -0.39 is 6.04 Å². The van der Waals surface area contributed by atoms with Gasteiger partial charge in [-0.2, -0.15) is 0 Å². The van der Waals surface area contributed by atoms with Crippen molar-refractivity contribution in [1.29, 1.82) is 0 Å². The molecule has 1 fully saturated rings. The lowest BCUT2D eigenvalue weighted by Gasteiger charge is -2.25. The summed E-state index contributed by atoms with van der Waals surface area (Å²) in [6.07, 6.45) is 3.00. The van der Waals surface area contributed by atoms with Crippen LogP contribution >= 0.6 is 0 Å². The molecular formula is C12H21NO3. The molecule has 0 aromatic heterocycles. The number of carbonyl (C=O) groups is 2. The second kappa shape index (κ2) is 5.87. The Balaban J connectivity index is 2.24. The molecule has 0 radical (unpaired) electrons. The molecular weight excluding hydrogens is 206 g/mol. The molecule has 0 saturated heterocycles. The van der Waals surface area contributed by atoms with Crippen molar-refractivity contribution in [1.82, 2.24) is 5.32 Å². The Kier molecular flexibility index (Phi) is 4.77. The summed E-state index contributed by atoms with van der Waals surface area (Å²) >= 11 is 0. The number of hydrogen-bond donors (Lipinski definition) is 1. The lowest BCUT2D eigenvalue weighted by Crippen LogP contribution is -2.44. The van der Waals surface area contributed by atoms with Gasteiger partial charge in [0.15, 0.2) is 0 Å². The summed E-state index contributed by atoms with van der Waals surface area (Å²) in [4.78, 5) is 23.0. The van der Waals surface area contributed by atoms with Crippen LogP contribution in [0.3, 0.4) is 0 Å². The summed E-state index contributed by atoms with van der Waals surface area (Å²) in [6.45, 7) is 6.03. The fourth-order valence-electron chi connectivity index (χ4n) is 1.43. The van der Waals surface area contributed by atoms with Crippen LogP contribution in [-0.2, 0) is 14.3 Å². The van der Waals surface area contributed by atoms with Crippen molar-refractivity contribution in [3.63, 3.8) is 0 Å². The molecule has 16 heavy (non-hydrogen) atoms. The van der Waals surface area contributed by atoms with Gasteiger partial charge in [0, 0.05) is 5.92 Å². The highest BCUT2D eigenvalue weighted by atomic mass is 16.5. The van der Waals surface area contributed by atoms with E-state index in [0.717, 1.165) is 19.3 Å². The molecule has 0 unspecified atom stereocenters. The van der Waals surface area contributed by atoms with Gasteiger partial charge >= 0.3 is 5.97 Å². The van der Waals surface area contributed by atoms with E-state index in [1.54, 1.807) is 6.92 Å². The average molecular weight is 227 g/mol. The molecule has 1 amide bonds. The summed E-state index contributed by atoms with van der Waals surface area (Å²) in [5.74, 6) is 0.0699. The molecule has 0 aromatic rings. The molecule has 1 aliphatic carbocycles. The molecule has 0 bridgehead atoms. The first-order valence-electron chi connectivity index (χ1n) is 5.97. The minimum atomic E-state index is -0.535. The maximum Gasteiger partial charge on any atom is 0.328 e. The van der Waals surface area contributed by atoms with Crippen LogP contribution in [0.4, 0.5) is 0 Å². The van der Waals surface area contributed by atoms with E-state index in [-0.39, 0.29) is 17.8 Å². The fourth-order valence-corrected chi connectivity index (χ4v) is 1.43. The van der Waals surface area contributed by atoms with Crippen molar-refractivity contribution in [3.8, 4) is 0 Å². The van der Waals surface area contributed by atoms with Gasteiger partial charge < -0.3 is 10.1 Å². The largest absolute Gasteiger partial charge is 0.464 e. The zero-order valence-electron chi connectivity index (χ0n) is 10.3. The number of amides is 1. The second-order valence-corrected chi connectivity index (χ2v) is 4.88. The van der Waals surface area contributed by atoms with Crippen LogP contribution in [0.15, 0.2) is 0 Å². The zero-order valence-corrected chi connectivity index (χ0v) is 10.3. The van der Waals surface area contributed by atoms with Gasteiger partial charge in [-0.15, -0.1) is 0 Å². The van der Waals surface area contributed by atoms with Crippen molar-refractivity contribution in [2.75, 3.05) is 6.61 Å². The highest BCUT2D eigenvalue weighted by Gasteiger charge is 2.27. The second-order valence-electron chi connectivity index (χ2n) is 4.88. The monoisotopic (exact) mass is 227 g/mol. The first-order chi connectivity index (χ1) is 7.50. The Morgan fingerprint density at radius 3 is 2.38 bits per heavy atom. The number of nitrogens with one attached hydrogen (secondary N) is 1. The topological polar surface area (TPSA) is 55.4 Å². The molecule has 1 saturated carbocycles. The summed E-state index contributed by atoms with van der Waals surface area (Å²) < 4.78 is 5.04. The van der Waals surface area contributed by atoms with Crippen molar-refractivity contribution >= 4 is 11.9 Å². The Bertz CT molecular complexity index is 259. The van der Waals surface area contributed by atoms with Crippen LogP contribution in [0.2, 0.25) is 0 Å². The van der Waals surface area contributed by atoms with Crippen molar-refractivity contribution in [2.45, 2.75) is 46.1 Å². The third-order valence-electron chi connectivity index (χ3n) is 2.75. The maximum atomic E-state index is 11.6. The molecule has 0 spiro atoms. The molecule has 0 heterocycles. The molecule has 1 N–H and O–H groups in total. The Hall–Kier alpha value is -1.06. The summed E-state index contributed by atoms with van der Waals surface area (Å²) in [6, 6.07) is -0.535. The number of hydrogen-bond acceptors (Lipinski definition) is 3. The van der Waals surface area contributed by atoms with E-state index in [1.807, 2.05) is 13.8 Å². The Morgan fingerprint density at radius 2 is 1.94 bits per heavy atom. The van der Waals surface area contributed by atoms with E-state index in [4.69, 9.17) is 4.74 Å². The van der Waals surface area contributed by atoms with Crippen LogP contribution in [0.25, 0.3) is 0 Å². The maximum absolute atomic E-state index is 11.6. The van der Waals surface area contributed by atoms with Gasteiger partial charge in [0.05, 0.1) is 6.61 Å². The highest BCUT2D eigenvalue weighted by molar-refractivity contribution is 5.85. The molecule has 1 aliphatic rings. The SMILES string of the molecule is CC(C)COC(=O)[C@H](C)NC(=O)C1CCC1. The molecule has 1 rings (SSSR count). The highest BCUT2D eigenvalue weighted by Crippen LogP contribution is 2.26. The molecule has 4 heteroatoms. The smallest absolute Gasteiger partial charge is 0.328 e. The minimum absolute atomic E-state index is 0.0137. The minimum Gasteiger partial charge on any atom is -0.464 e. The predicted octanol–water partition coefficient (Wildman–Crippen LogP) is 1.49. The number of rotatable bonds is 5. The normalized spacial score (nSPS) is 17.8. The van der Waals surface area contributed by atoms with Crippen LogP contribution in [0.5, 0.6) is 0 Å². The van der Waals surface area contributed by atoms with Crippen LogP contribution in [-0.4, -0.2) is 24.5 Å². The summed E-state index contributed by atoms with van der Waals surface area (Å²) in [7, 11) is 0. The first kappa shape index (κ1) is 13.0. The quantitative estimate of drug-likeness (QED) is 0.724. The lowest BCUT2D eigenvalue weighted by molar-refractivity contribution is -0.149. The van der Waals surface area contributed by atoms with Gasteiger partial charge in [-0.3, -0.25) is 4.79 Å². The summed E-state index contributed by atoms with van der Waals surface area (Å²) in [5, 5.41) is 2.69. The first-order valence-corrected chi connectivity index (χ1v) is 5.97. The molecule has 0 aromatic carbocycles. The van der Waals surface area contributed by atoms with E-state index in [1.165, 1.54) is 0 Å². The standard InChI is InChI=1S/C12H21NO3/c1-8(2)7-16-12(15)9(3)13-11(14)10-5-4-6-10/h8-10H,4-7H2,1-3H3,(H,13,14)/t9-/m0/s1. The zero-order chi connectivity index (χ0) is 12.1. The van der Waals surface area contributed by atoms with E-state index >= 15 is 0 Å². The van der Waals surface area contributed by atoms with Gasteiger partial charge in [0.25, 0.3) is 0 Å². The van der Waals surface area contributed by atoms with Gasteiger partial charge in [-0.05, 0) is 25.7 Å². The van der Waals surface area contributed by atoms with Crippen LogP contribution < -0.4 is 5.32 Å². The Morgan fingerprint density at radius 1 is 1.31 bits per heavy atom. The Labute approximate surface area is 96.7 Å². The third kappa shape index (κ3) is 3.83. The van der Waals surface area contributed by atoms with Crippen LogP contribution in [0.1, 0.15) is 40.0 Å². The summed E-state index contributed by atoms with van der Waals surface area (Å²) in [5.41, 5.74) is 0. The number of esters is 1. The van der Waals surface area contributed by atoms with Gasteiger partial charge in [0.2, 0.25) is 5.91 Å². The number of carbonyl (C=O) groups excluding carboxylic acids is 2. The molecule has 4 nitrogen and oxygen atoms in total. The molecule has 0 aliphatic heterocycles. The van der Waals surface area contributed by atoms with Crippen molar-refractivity contribution in [2.24, 2.45) is 11.8 Å². The third-order valence-corrected chi connectivity index (χ3v) is 2.75. The molecule has 92 valence electrons. The van der Waals surface area contributed by atoms with Crippen LogP contribution in [0, 0.1) is 11.8 Å². The van der Waals surface area contributed by atoms with Crippen molar-refractivity contribution < 1.29 is 14.3 Å².